The monoisotopic (exact) mass is 243 g/mol. The zero-order valence-corrected chi connectivity index (χ0v) is 10.5. The Morgan fingerprint density at radius 3 is 2.69 bits per heavy atom. The number of rotatable bonds is 4. The number of nitrogens with zero attached hydrogens (tertiary/aromatic N) is 1. The molecule has 16 heavy (non-hydrogen) atoms. The van der Waals surface area contributed by atoms with Crippen molar-refractivity contribution in [1.29, 1.82) is 0 Å². The molecule has 0 amide bonds. The number of carboxylic acid groups (broad SMARTS) is 1. The van der Waals surface area contributed by atoms with Crippen molar-refractivity contribution < 1.29 is 9.90 Å². The Bertz CT molecular complexity index is 235. The van der Waals surface area contributed by atoms with Crippen LogP contribution in [-0.4, -0.2) is 46.6 Å². The molecule has 92 valence electrons. The van der Waals surface area contributed by atoms with Crippen molar-refractivity contribution in [3.63, 3.8) is 0 Å². The molecule has 0 aliphatic carbocycles. The first-order valence-electron chi connectivity index (χ1n) is 6.31. The predicted molar refractivity (Wildman–Crippen MR) is 66.9 cm³/mol. The van der Waals surface area contributed by atoms with Crippen molar-refractivity contribution in [3.8, 4) is 0 Å². The molecule has 2 saturated heterocycles. The molecule has 2 aliphatic heterocycles. The van der Waals surface area contributed by atoms with Gasteiger partial charge in [0, 0.05) is 6.04 Å². The van der Waals surface area contributed by atoms with Gasteiger partial charge in [0.25, 0.3) is 0 Å². The molecule has 0 saturated carbocycles. The van der Waals surface area contributed by atoms with Crippen LogP contribution in [0.2, 0.25) is 0 Å². The molecule has 2 heterocycles. The molecular weight excluding hydrogens is 222 g/mol. The second-order valence-corrected chi connectivity index (χ2v) is 6.04. The average Bonchev–Trinajstić information content (AvgIpc) is 2.80. The summed E-state index contributed by atoms with van der Waals surface area (Å²) in [6.45, 7) is 2.22. The predicted octanol–water partition coefficient (Wildman–Crippen LogP) is 2.07. The summed E-state index contributed by atoms with van der Waals surface area (Å²) in [4.78, 5) is 13.4. The lowest BCUT2D eigenvalue weighted by atomic mass is 9.93. The van der Waals surface area contributed by atoms with Gasteiger partial charge >= 0.3 is 5.97 Å². The highest BCUT2D eigenvalue weighted by Gasteiger charge is 2.32. The Kier molecular flexibility index (Phi) is 4.53. The summed E-state index contributed by atoms with van der Waals surface area (Å²) < 4.78 is 0. The Morgan fingerprint density at radius 1 is 1.38 bits per heavy atom. The maximum Gasteiger partial charge on any atom is 0.304 e. The van der Waals surface area contributed by atoms with Gasteiger partial charge in [-0.1, -0.05) is 6.42 Å². The van der Waals surface area contributed by atoms with Crippen molar-refractivity contribution in [3.05, 3.63) is 0 Å². The van der Waals surface area contributed by atoms with Gasteiger partial charge in [0.2, 0.25) is 0 Å². The molecule has 2 rings (SSSR count). The van der Waals surface area contributed by atoms with Crippen LogP contribution in [0.15, 0.2) is 0 Å². The summed E-state index contributed by atoms with van der Waals surface area (Å²) in [6.07, 6.45) is 5.35. The normalized spacial score (nSPS) is 29.1. The molecule has 1 N–H and O–H groups in total. The van der Waals surface area contributed by atoms with Crippen LogP contribution in [0.4, 0.5) is 0 Å². The molecular formula is C12H21NO2S. The average molecular weight is 243 g/mol. The summed E-state index contributed by atoms with van der Waals surface area (Å²) in [5.74, 6) is 2.36. The van der Waals surface area contributed by atoms with Crippen molar-refractivity contribution >= 4 is 17.7 Å². The third-order valence-corrected chi connectivity index (χ3v) is 4.94. The van der Waals surface area contributed by atoms with Gasteiger partial charge in [-0.2, -0.15) is 11.8 Å². The summed E-state index contributed by atoms with van der Waals surface area (Å²) in [5, 5.41) is 9.04. The molecule has 0 spiro atoms. The number of hydrogen-bond acceptors (Lipinski definition) is 3. The van der Waals surface area contributed by atoms with Crippen LogP contribution in [0.25, 0.3) is 0 Å². The molecule has 0 radical (unpaired) electrons. The Hall–Kier alpha value is -0.220. The van der Waals surface area contributed by atoms with Crippen LogP contribution in [0.5, 0.6) is 0 Å². The van der Waals surface area contributed by atoms with Crippen molar-refractivity contribution in [2.75, 3.05) is 24.6 Å². The van der Waals surface area contributed by atoms with Crippen LogP contribution < -0.4 is 0 Å². The molecule has 2 atom stereocenters. The smallest absolute Gasteiger partial charge is 0.304 e. The first-order chi connectivity index (χ1) is 7.77. The van der Waals surface area contributed by atoms with Crippen molar-refractivity contribution in [1.82, 2.24) is 4.90 Å². The van der Waals surface area contributed by atoms with Gasteiger partial charge in [-0.05, 0) is 49.8 Å². The van der Waals surface area contributed by atoms with Gasteiger partial charge in [-0.15, -0.1) is 0 Å². The SMILES string of the molecule is O=C(O)CC(C1CCSC1)N1CCCCC1. The van der Waals surface area contributed by atoms with Gasteiger partial charge in [0.15, 0.2) is 0 Å². The van der Waals surface area contributed by atoms with Crippen LogP contribution in [-0.2, 0) is 4.79 Å². The van der Waals surface area contributed by atoms with E-state index in [9.17, 15) is 4.79 Å². The fourth-order valence-corrected chi connectivity index (χ4v) is 4.21. The topological polar surface area (TPSA) is 40.5 Å². The minimum atomic E-state index is -0.632. The number of piperidine rings is 1. The second kappa shape index (κ2) is 5.92. The van der Waals surface area contributed by atoms with E-state index in [1.807, 2.05) is 11.8 Å². The number of aliphatic carboxylic acids is 1. The Labute approximate surface area is 102 Å². The molecule has 3 nitrogen and oxygen atoms in total. The first kappa shape index (κ1) is 12.2. The van der Waals surface area contributed by atoms with Crippen LogP contribution >= 0.6 is 11.8 Å². The molecule has 2 fully saturated rings. The summed E-state index contributed by atoms with van der Waals surface area (Å²) >= 11 is 1.98. The van der Waals surface area contributed by atoms with E-state index in [1.165, 1.54) is 31.4 Å². The van der Waals surface area contributed by atoms with Gasteiger partial charge < -0.3 is 5.11 Å². The Balaban J connectivity index is 1.96. The van der Waals surface area contributed by atoms with Gasteiger partial charge in [0.05, 0.1) is 6.42 Å². The lowest BCUT2D eigenvalue weighted by Crippen LogP contribution is -2.45. The van der Waals surface area contributed by atoms with Gasteiger partial charge in [-0.3, -0.25) is 9.69 Å². The number of thioether (sulfide) groups is 1. The molecule has 0 aromatic heterocycles. The van der Waals surface area contributed by atoms with E-state index in [2.05, 4.69) is 4.90 Å². The minimum absolute atomic E-state index is 0.299. The fourth-order valence-electron chi connectivity index (χ4n) is 2.88. The Morgan fingerprint density at radius 2 is 2.12 bits per heavy atom. The van der Waals surface area contributed by atoms with E-state index in [-0.39, 0.29) is 0 Å². The minimum Gasteiger partial charge on any atom is -0.481 e. The number of carboxylic acids is 1. The maximum absolute atomic E-state index is 11.0. The quantitative estimate of drug-likeness (QED) is 0.820. The zero-order chi connectivity index (χ0) is 11.4. The van der Waals surface area contributed by atoms with Gasteiger partial charge in [-0.25, -0.2) is 0 Å². The number of carbonyl (C=O) groups is 1. The number of likely N-dealkylation sites (tertiary alicyclic amines) is 1. The van der Waals surface area contributed by atoms with Crippen LogP contribution in [0.1, 0.15) is 32.1 Å². The molecule has 2 aliphatic rings. The van der Waals surface area contributed by atoms with E-state index in [0.29, 0.717) is 18.4 Å². The molecule has 0 bridgehead atoms. The van der Waals surface area contributed by atoms with E-state index in [0.717, 1.165) is 18.8 Å². The number of hydrogen-bond donors (Lipinski definition) is 1. The maximum atomic E-state index is 11.0. The van der Waals surface area contributed by atoms with Crippen molar-refractivity contribution in [2.45, 2.75) is 38.1 Å². The van der Waals surface area contributed by atoms with Crippen molar-refractivity contribution in [2.24, 2.45) is 5.92 Å². The lowest BCUT2D eigenvalue weighted by molar-refractivity contribution is -0.139. The highest BCUT2D eigenvalue weighted by atomic mass is 32.2. The third kappa shape index (κ3) is 3.14. The van der Waals surface area contributed by atoms with E-state index in [4.69, 9.17) is 5.11 Å². The summed E-state index contributed by atoms with van der Waals surface area (Å²) in [7, 11) is 0. The van der Waals surface area contributed by atoms with Crippen LogP contribution in [0, 0.1) is 5.92 Å². The van der Waals surface area contributed by atoms with E-state index >= 15 is 0 Å². The van der Waals surface area contributed by atoms with Gasteiger partial charge in [0.1, 0.15) is 0 Å². The highest BCUT2D eigenvalue weighted by Crippen LogP contribution is 2.31. The molecule has 4 heteroatoms. The standard InChI is InChI=1S/C12H21NO2S/c14-12(15)8-11(10-4-7-16-9-10)13-5-2-1-3-6-13/h10-11H,1-9H2,(H,14,15). The van der Waals surface area contributed by atoms with Crippen LogP contribution in [0.3, 0.4) is 0 Å². The fraction of sp³-hybridized carbons (Fsp3) is 0.917. The summed E-state index contributed by atoms with van der Waals surface area (Å²) in [6, 6.07) is 0.299. The van der Waals surface area contributed by atoms with E-state index in [1.54, 1.807) is 0 Å². The molecule has 2 unspecified atom stereocenters. The lowest BCUT2D eigenvalue weighted by Gasteiger charge is -2.37. The molecule has 0 aromatic rings. The largest absolute Gasteiger partial charge is 0.481 e. The zero-order valence-electron chi connectivity index (χ0n) is 9.73. The molecule has 0 aromatic carbocycles. The highest BCUT2D eigenvalue weighted by molar-refractivity contribution is 7.99. The summed E-state index contributed by atoms with van der Waals surface area (Å²) in [5.41, 5.74) is 0. The second-order valence-electron chi connectivity index (χ2n) is 4.89. The first-order valence-corrected chi connectivity index (χ1v) is 7.46. The third-order valence-electron chi connectivity index (χ3n) is 3.75. The van der Waals surface area contributed by atoms with E-state index < -0.39 is 5.97 Å².